The number of likely N-dealkylation sites (tertiary alicyclic amines) is 1. The zero-order valence-corrected chi connectivity index (χ0v) is 14.3. The van der Waals surface area contributed by atoms with Crippen LogP contribution in [-0.4, -0.2) is 59.9 Å². The van der Waals surface area contributed by atoms with Crippen LogP contribution in [0.15, 0.2) is 18.3 Å². The fourth-order valence-electron chi connectivity index (χ4n) is 3.37. The standard InChI is InChI=1S/C16H23N3O3S/c1-13-12-14(4-7-17-13)16(20)18-10-5-15(6-11-18)23(21,22)19-8-2-3-9-19/h4,7,12,15H,2-3,5-6,8-11H2,1H3. The van der Waals surface area contributed by atoms with Gasteiger partial charge in [0.25, 0.3) is 5.91 Å². The van der Waals surface area contributed by atoms with Gasteiger partial charge in [-0.15, -0.1) is 0 Å². The Morgan fingerprint density at radius 3 is 2.43 bits per heavy atom. The second kappa shape index (κ2) is 6.57. The summed E-state index contributed by atoms with van der Waals surface area (Å²) >= 11 is 0. The van der Waals surface area contributed by atoms with Crippen molar-refractivity contribution in [2.45, 2.75) is 37.9 Å². The molecule has 6 nitrogen and oxygen atoms in total. The van der Waals surface area contributed by atoms with Gasteiger partial charge in [0, 0.05) is 43.6 Å². The number of piperidine rings is 1. The molecule has 2 aliphatic heterocycles. The topological polar surface area (TPSA) is 70.6 Å². The van der Waals surface area contributed by atoms with E-state index >= 15 is 0 Å². The Morgan fingerprint density at radius 2 is 1.83 bits per heavy atom. The smallest absolute Gasteiger partial charge is 0.253 e. The van der Waals surface area contributed by atoms with E-state index in [9.17, 15) is 13.2 Å². The Morgan fingerprint density at radius 1 is 1.17 bits per heavy atom. The van der Waals surface area contributed by atoms with Crippen LogP contribution in [0.5, 0.6) is 0 Å². The number of sulfonamides is 1. The molecule has 0 aliphatic carbocycles. The van der Waals surface area contributed by atoms with Crippen molar-refractivity contribution in [1.82, 2.24) is 14.2 Å². The minimum atomic E-state index is -3.20. The Hall–Kier alpha value is -1.47. The Labute approximate surface area is 137 Å². The van der Waals surface area contributed by atoms with Gasteiger partial charge in [-0.25, -0.2) is 12.7 Å². The van der Waals surface area contributed by atoms with E-state index in [0.717, 1.165) is 18.5 Å². The van der Waals surface area contributed by atoms with Gasteiger partial charge in [-0.2, -0.15) is 0 Å². The van der Waals surface area contributed by atoms with E-state index < -0.39 is 10.0 Å². The summed E-state index contributed by atoms with van der Waals surface area (Å²) in [4.78, 5) is 18.4. The van der Waals surface area contributed by atoms with E-state index in [2.05, 4.69) is 4.98 Å². The first-order valence-corrected chi connectivity index (χ1v) is 9.70. The van der Waals surface area contributed by atoms with E-state index in [0.29, 0.717) is 44.6 Å². The molecule has 7 heteroatoms. The van der Waals surface area contributed by atoms with Crippen LogP contribution in [0, 0.1) is 6.92 Å². The van der Waals surface area contributed by atoms with Crippen LogP contribution in [0.25, 0.3) is 0 Å². The van der Waals surface area contributed by atoms with Crippen LogP contribution >= 0.6 is 0 Å². The van der Waals surface area contributed by atoms with Crippen molar-refractivity contribution in [1.29, 1.82) is 0 Å². The Balaban J connectivity index is 1.63. The highest BCUT2D eigenvalue weighted by Gasteiger charge is 2.36. The highest BCUT2D eigenvalue weighted by molar-refractivity contribution is 7.89. The molecule has 0 radical (unpaired) electrons. The number of nitrogens with zero attached hydrogens (tertiary/aromatic N) is 3. The Bertz CT molecular complexity index is 676. The van der Waals surface area contributed by atoms with Gasteiger partial charge in [-0.3, -0.25) is 9.78 Å². The lowest BCUT2D eigenvalue weighted by molar-refractivity contribution is 0.0724. The van der Waals surface area contributed by atoms with E-state index in [1.165, 1.54) is 0 Å². The number of amides is 1. The van der Waals surface area contributed by atoms with Crippen molar-refractivity contribution in [3.05, 3.63) is 29.6 Å². The van der Waals surface area contributed by atoms with E-state index in [-0.39, 0.29) is 11.2 Å². The summed E-state index contributed by atoms with van der Waals surface area (Å²) in [5, 5.41) is -0.344. The molecule has 2 fully saturated rings. The van der Waals surface area contributed by atoms with Gasteiger partial charge < -0.3 is 4.90 Å². The fourth-order valence-corrected chi connectivity index (χ4v) is 5.37. The first kappa shape index (κ1) is 16.4. The third-order valence-corrected chi connectivity index (χ3v) is 7.12. The maximum atomic E-state index is 12.6. The number of carbonyl (C=O) groups excluding carboxylic acids is 1. The molecule has 0 atom stereocenters. The lowest BCUT2D eigenvalue weighted by atomic mass is 10.1. The number of hydrogen-bond donors (Lipinski definition) is 0. The average molecular weight is 337 g/mol. The van der Waals surface area contributed by atoms with Crippen molar-refractivity contribution < 1.29 is 13.2 Å². The predicted molar refractivity (Wildman–Crippen MR) is 87.6 cm³/mol. The summed E-state index contributed by atoms with van der Waals surface area (Å²) in [7, 11) is -3.20. The van der Waals surface area contributed by atoms with Crippen molar-refractivity contribution >= 4 is 15.9 Å². The Kier molecular flexibility index (Phi) is 4.68. The third kappa shape index (κ3) is 3.40. The highest BCUT2D eigenvalue weighted by atomic mass is 32.2. The number of carbonyl (C=O) groups is 1. The minimum Gasteiger partial charge on any atom is -0.339 e. The summed E-state index contributed by atoms with van der Waals surface area (Å²) in [5.41, 5.74) is 1.43. The maximum absolute atomic E-state index is 12.6. The molecular weight excluding hydrogens is 314 g/mol. The maximum Gasteiger partial charge on any atom is 0.253 e. The zero-order valence-electron chi connectivity index (χ0n) is 13.4. The van der Waals surface area contributed by atoms with Gasteiger partial charge in [0.1, 0.15) is 0 Å². The molecule has 1 amide bonds. The first-order valence-electron chi connectivity index (χ1n) is 8.19. The highest BCUT2D eigenvalue weighted by Crippen LogP contribution is 2.25. The van der Waals surface area contributed by atoms with Crippen LogP contribution in [-0.2, 0) is 10.0 Å². The van der Waals surface area contributed by atoms with Crippen molar-refractivity contribution in [3.63, 3.8) is 0 Å². The number of pyridine rings is 1. The molecule has 2 saturated heterocycles. The molecule has 3 rings (SSSR count). The summed E-state index contributed by atoms with van der Waals surface area (Å²) in [5.74, 6) is -0.0347. The molecular formula is C16H23N3O3S. The van der Waals surface area contributed by atoms with Gasteiger partial charge >= 0.3 is 0 Å². The SMILES string of the molecule is Cc1cc(C(=O)N2CCC(S(=O)(=O)N3CCCC3)CC2)ccn1. The lowest BCUT2D eigenvalue weighted by Crippen LogP contribution is -2.46. The summed E-state index contributed by atoms with van der Waals surface area (Å²) in [6.07, 6.45) is 4.59. The number of hydrogen-bond acceptors (Lipinski definition) is 4. The lowest BCUT2D eigenvalue weighted by Gasteiger charge is -2.33. The van der Waals surface area contributed by atoms with E-state index in [1.54, 1.807) is 27.5 Å². The number of aromatic nitrogens is 1. The van der Waals surface area contributed by atoms with Gasteiger partial charge in [0.2, 0.25) is 10.0 Å². The van der Waals surface area contributed by atoms with Crippen LogP contribution in [0.1, 0.15) is 41.7 Å². The number of aryl methyl sites for hydroxylation is 1. The van der Waals surface area contributed by atoms with Crippen LogP contribution in [0.2, 0.25) is 0 Å². The molecule has 0 aromatic carbocycles. The fraction of sp³-hybridized carbons (Fsp3) is 0.625. The minimum absolute atomic E-state index is 0.0347. The zero-order chi connectivity index (χ0) is 16.4. The third-order valence-electron chi connectivity index (χ3n) is 4.72. The molecule has 0 unspecified atom stereocenters. The van der Waals surface area contributed by atoms with Gasteiger partial charge in [0.05, 0.1) is 5.25 Å². The summed E-state index contributed by atoms with van der Waals surface area (Å²) in [6.45, 7) is 4.15. The second-order valence-electron chi connectivity index (χ2n) is 6.33. The van der Waals surface area contributed by atoms with Crippen LogP contribution in [0.3, 0.4) is 0 Å². The molecule has 1 aromatic heterocycles. The molecule has 23 heavy (non-hydrogen) atoms. The molecule has 0 saturated carbocycles. The molecule has 126 valence electrons. The molecule has 2 aliphatic rings. The largest absolute Gasteiger partial charge is 0.339 e. The summed E-state index contributed by atoms with van der Waals surface area (Å²) in [6, 6.07) is 3.48. The van der Waals surface area contributed by atoms with Crippen LogP contribution in [0.4, 0.5) is 0 Å². The average Bonchev–Trinajstić information content (AvgIpc) is 3.09. The predicted octanol–water partition coefficient (Wildman–Crippen LogP) is 1.42. The molecule has 0 N–H and O–H groups in total. The van der Waals surface area contributed by atoms with Crippen molar-refractivity contribution in [3.8, 4) is 0 Å². The van der Waals surface area contributed by atoms with Gasteiger partial charge in [0.15, 0.2) is 0 Å². The van der Waals surface area contributed by atoms with Gasteiger partial charge in [-0.1, -0.05) is 0 Å². The number of rotatable bonds is 3. The van der Waals surface area contributed by atoms with Crippen molar-refractivity contribution in [2.24, 2.45) is 0 Å². The van der Waals surface area contributed by atoms with Gasteiger partial charge in [-0.05, 0) is 44.7 Å². The molecule has 3 heterocycles. The summed E-state index contributed by atoms with van der Waals surface area (Å²) < 4.78 is 26.8. The first-order chi connectivity index (χ1) is 11.0. The van der Waals surface area contributed by atoms with Crippen LogP contribution < -0.4 is 0 Å². The van der Waals surface area contributed by atoms with E-state index in [4.69, 9.17) is 0 Å². The van der Waals surface area contributed by atoms with Crippen molar-refractivity contribution in [2.75, 3.05) is 26.2 Å². The quantitative estimate of drug-likeness (QED) is 0.836. The molecule has 0 bridgehead atoms. The monoisotopic (exact) mass is 337 g/mol. The molecule has 1 aromatic rings. The molecule has 0 spiro atoms. The normalized spacial score (nSPS) is 20.8. The van der Waals surface area contributed by atoms with E-state index in [1.807, 2.05) is 6.92 Å². The second-order valence-corrected chi connectivity index (χ2v) is 8.54.